The van der Waals surface area contributed by atoms with Crippen LogP contribution in [0.15, 0.2) is 47.2 Å². The number of carbonyl (C=O) groups is 1. The maximum absolute atomic E-state index is 12.1. The van der Waals surface area contributed by atoms with Crippen molar-refractivity contribution in [1.29, 1.82) is 0 Å². The lowest BCUT2D eigenvalue weighted by atomic mass is 10.1. The molecule has 0 spiro atoms. The minimum atomic E-state index is -0.0694. The van der Waals surface area contributed by atoms with Gasteiger partial charge in [0.05, 0.1) is 5.69 Å². The topological polar surface area (TPSA) is 90.1 Å². The fourth-order valence-electron chi connectivity index (χ4n) is 2.37. The van der Waals surface area contributed by atoms with Crippen LogP contribution in [0.2, 0.25) is 0 Å². The molecule has 128 valence electrons. The van der Waals surface area contributed by atoms with E-state index in [0.29, 0.717) is 24.3 Å². The van der Waals surface area contributed by atoms with Crippen LogP contribution in [0.1, 0.15) is 23.4 Å². The van der Waals surface area contributed by atoms with Gasteiger partial charge in [0.2, 0.25) is 5.91 Å². The predicted molar refractivity (Wildman–Crippen MR) is 91.5 cm³/mol. The van der Waals surface area contributed by atoms with Crippen LogP contribution in [-0.4, -0.2) is 21.0 Å². The lowest BCUT2D eigenvalue weighted by molar-refractivity contribution is -0.116. The van der Waals surface area contributed by atoms with Gasteiger partial charge in [-0.05, 0) is 50.6 Å². The molecule has 1 N–H and O–H groups in total. The number of amides is 1. The summed E-state index contributed by atoms with van der Waals surface area (Å²) in [5, 5.41) is 6.75. The Bertz CT molecular complexity index is 825. The maximum Gasteiger partial charge on any atom is 0.321 e. The summed E-state index contributed by atoms with van der Waals surface area (Å²) in [5.74, 6) is 1.29. The van der Waals surface area contributed by atoms with E-state index in [4.69, 9.17) is 9.26 Å². The van der Waals surface area contributed by atoms with E-state index >= 15 is 0 Å². The first-order valence-electron chi connectivity index (χ1n) is 7.88. The summed E-state index contributed by atoms with van der Waals surface area (Å²) < 4.78 is 10.6. The molecule has 7 nitrogen and oxygen atoms in total. The Morgan fingerprint density at radius 1 is 1.16 bits per heavy atom. The van der Waals surface area contributed by atoms with E-state index in [1.165, 1.54) is 0 Å². The summed E-state index contributed by atoms with van der Waals surface area (Å²) in [6.45, 7) is 3.72. The summed E-state index contributed by atoms with van der Waals surface area (Å²) in [5.41, 5.74) is 2.52. The third kappa shape index (κ3) is 4.41. The van der Waals surface area contributed by atoms with Gasteiger partial charge in [-0.25, -0.2) is 9.97 Å². The zero-order valence-electron chi connectivity index (χ0n) is 14.0. The van der Waals surface area contributed by atoms with E-state index in [0.717, 1.165) is 17.0 Å². The summed E-state index contributed by atoms with van der Waals surface area (Å²) >= 11 is 0. The number of nitrogens with zero attached hydrogens (tertiary/aromatic N) is 3. The zero-order chi connectivity index (χ0) is 17.6. The van der Waals surface area contributed by atoms with Crippen molar-refractivity contribution in [2.24, 2.45) is 0 Å². The lowest BCUT2D eigenvalue weighted by Crippen LogP contribution is -2.12. The molecule has 2 heterocycles. The zero-order valence-corrected chi connectivity index (χ0v) is 14.0. The molecule has 2 aromatic heterocycles. The molecule has 0 aliphatic rings. The Hall–Kier alpha value is -3.22. The van der Waals surface area contributed by atoms with Crippen molar-refractivity contribution in [2.45, 2.75) is 26.7 Å². The van der Waals surface area contributed by atoms with Crippen molar-refractivity contribution in [3.8, 4) is 11.8 Å². The SMILES string of the molecule is Cc1noc(C)c1CCC(=O)Nc1ccc(Oc2ncccn2)cc1. The van der Waals surface area contributed by atoms with Crippen LogP contribution >= 0.6 is 0 Å². The monoisotopic (exact) mass is 338 g/mol. The lowest BCUT2D eigenvalue weighted by Gasteiger charge is -2.07. The first-order chi connectivity index (χ1) is 12.1. The molecule has 0 atom stereocenters. The van der Waals surface area contributed by atoms with E-state index in [1.807, 2.05) is 13.8 Å². The highest BCUT2D eigenvalue weighted by Crippen LogP contribution is 2.20. The number of anilines is 1. The Morgan fingerprint density at radius 2 is 1.88 bits per heavy atom. The molecule has 0 radical (unpaired) electrons. The number of ether oxygens (including phenoxy) is 1. The first-order valence-corrected chi connectivity index (χ1v) is 7.88. The Labute approximate surface area is 145 Å². The number of hydrogen-bond acceptors (Lipinski definition) is 6. The number of nitrogens with one attached hydrogen (secondary N) is 1. The van der Waals surface area contributed by atoms with Gasteiger partial charge < -0.3 is 14.6 Å². The highest BCUT2D eigenvalue weighted by molar-refractivity contribution is 5.90. The summed E-state index contributed by atoms with van der Waals surface area (Å²) in [6.07, 6.45) is 4.17. The average molecular weight is 338 g/mol. The van der Waals surface area contributed by atoms with Gasteiger partial charge in [-0.15, -0.1) is 0 Å². The second kappa shape index (κ2) is 7.57. The van der Waals surface area contributed by atoms with Crippen LogP contribution in [0.5, 0.6) is 11.8 Å². The standard InChI is InChI=1S/C18H18N4O3/c1-12-16(13(2)25-22-12)8-9-17(23)21-14-4-6-15(7-5-14)24-18-19-10-3-11-20-18/h3-7,10-11H,8-9H2,1-2H3,(H,21,23). The molecule has 25 heavy (non-hydrogen) atoms. The Kier molecular flexibility index (Phi) is 5.03. The molecule has 3 rings (SSSR count). The minimum Gasteiger partial charge on any atom is -0.424 e. The molecular formula is C18H18N4O3. The Morgan fingerprint density at radius 3 is 2.52 bits per heavy atom. The van der Waals surface area contributed by atoms with Gasteiger partial charge in [-0.3, -0.25) is 4.79 Å². The van der Waals surface area contributed by atoms with Gasteiger partial charge in [0.15, 0.2) is 0 Å². The van der Waals surface area contributed by atoms with Crippen LogP contribution in [0, 0.1) is 13.8 Å². The van der Waals surface area contributed by atoms with Gasteiger partial charge in [-0.2, -0.15) is 0 Å². The van der Waals surface area contributed by atoms with Gasteiger partial charge in [-0.1, -0.05) is 5.16 Å². The van der Waals surface area contributed by atoms with Crippen LogP contribution < -0.4 is 10.1 Å². The molecule has 0 fully saturated rings. The molecule has 0 saturated heterocycles. The van der Waals surface area contributed by atoms with Crippen molar-refractivity contribution < 1.29 is 14.1 Å². The maximum atomic E-state index is 12.1. The fraction of sp³-hybridized carbons (Fsp3) is 0.222. The molecule has 1 aromatic carbocycles. The van der Waals surface area contributed by atoms with Crippen molar-refractivity contribution in [1.82, 2.24) is 15.1 Å². The van der Waals surface area contributed by atoms with E-state index in [2.05, 4.69) is 20.4 Å². The summed E-state index contributed by atoms with van der Waals surface area (Å²) in [4.78, 5) is 20.1. The second-order valence-corrected chi connectivity index (χ2v) is 5.51. The molecule has 0 bridgehead atoms. The summed E-state index contributed by atoms with van der Waals surface area (Å²) in [7, 11) is 0. The fourth-order valence-corrected chi connectivity index (χ4v) is 2.37. The number of carbonyl (C=O) groups excluding carboxylic acids is 1. The molecule has 1 amide bonds. The van der Waals surface area contributed by atoms with Gasteiger partial charge >= 0.3 is 6.01 Å². The van der Waals surface area contributed by atoms with Gasteiger partial charge in [0.25, 0.3) is 0 Å². The van der Waals surface area contributed by atoms with Gasteiger partial charge in [0.1, 0.15) is 11.5 Å². The molecule has 7 heteroatoms. The van der Waals surface area contributed by atoms with Crippen LogP contribution in [0.25, 0.3) is 0 Å². The molecule has 0 unspecified atom stereocenters. The number of rotatable bonds is 6. The normalized spacial score (nSPS) is 10.5. The van der Waals surface area contributed by atoms with Crippen LogP contribution in [-0.2, 0) is 11.2 Å². The quantitative estimate of drug-likeness (QED) is 0.740. The van der Waals surface area contributed by atoms with E-state index in [-0.39, 0.29) is 11.9 Å². The number of aryl methyl sites for hydroxylation is 2. The largest absolute Gasteiger partial charge is 0.424 e. The second-order valence-electron chi connectivity index (χ2n) is 5.51. The van der Waals surface area contributed by atoms with Crippen molar-refractivity contribution >= 4 is 11.6 Å². The van der Waals surface area contributed by atoms with Gasteiger partial charge in [0, 0.05) is 30.1 Å². The minimum absolute atomic E-state index is 0.0694. The molecular weight excluding hydrogens is 320 g/mol. The molecule has 3 aromatic rings. The third-order valence-electron chi connectivity index (χ3n) is 3.67. The van der Waals surface area contributed by atoms with E-state index < -0.39 is 0 Å². The smallest absolute Gasteiger partial charge is 0.321 e. The number of aromatic nitrogens is 3. The first kappa shape index (κ1) is 16.6. The van der Waals surface area contributed by atoms with Crippen LogP contribution in [0.4, 0.5) is 5.69 Å². The van der Waals surface area contributed by atoms with Crippen molar-refractivity contribution in [2.75, 3.05) is 5.32 Å². The van der Waals surface area contributed by atoms with Crippen molar-refractivity contribution in [3.63, 3.8) is 0 Å². The number of benzene rings is 1. The molecule has 0 aliphatic heterocycles. The van der Waals surface area contributed by atoms with Crippen molar-refractivity contribution in [3.05, 3.63) is 59.7 Å². The summed E-state index contributed by atoms with van der Waals surface area (Å²) in [6, 6.07) is 9.03. The average Bonchev–Trinajstić information content (AvgIpc) is 2.94. The van der Waals surface area contributed by atoms with Crippen LogP contribution in [0.3, 0.4) is 0 Å². The molecule has 0 aliphatic carbocycles. The van der Waals surface area contributed by atoms with E-state index in [9.17, 15) is 4.79 Å². The van der Waals surface area contributed by atoms with E-state index in [1.54, 1.807) is 42.7 Å². The highest BCUT2D eigenvalue weighted by Gasteiger charge is 2.11. The number of hydrogen-bond donors (Lipinski definition) is 1. The predicted octanol–water partition coefficient (Wildman–Crippen LogP) is 3.45. The highest BCUT2D eigenvalue weighted by atomic mass is 16.5. The third-order valence-corrected chi connectivity index (χ3v) is 3.67. The Balaban J connectivity index is 1.53. The molecule has 0 saturated carbocycles.